The second-order valence-corrected chi connectivity index (χ2v) is 4.14. The van der Waals surface area contributed by atoms with Crippen LogP contribution in [0, 0.1) is 5.92 Å². The molecule has 1 aromatic carbocycles. The molecule has 1 aromatic rings. The van der Waals surface area contributed by atoms with E-state index in [-0.39, 0.29) is 38.1 Å². The summed E-state index contributed by atoms with van der Waals surface area (Å²) in [6, 6.07) is 6.95. The molecular formula is C13H19NO4. The normalized spacial score (nSPS) is 11.9. The number of anilines is 1. The molecule has 0 saturated heterocycles. The van der Waals surface area contributed by atoms with Gasteiger partial charge in [-0.25, -0.2) is 0 Å². The highest BCUT2D eigenvalue weighted by Gasteiger charge is 2.06. The van der Waals surface area contributed by atoms with Gasteiger partial charge in [-0.15, -0.1) is 0 Å². The fraction of sp³-hybridized carbons (Fsp3) is 0.462. The molecule has 1 unspecified atom stereocenters. The Balaban J connectivity index is 2.17. The Morgan fingerprint density at radius 3 is 2.67 bits per heavy atom. The van der Waals surface area contributed by atoms with E-state index in [1.807, 2.05) is 0 Å². The summed E-state index contributed by atoms with van der Waals surface area (Å²) in [5, 5.41) is 8.77. The van der Waals surface area contributed by atoms with Crippen LogP contribution in [0.25, 0.3) is 0 Å². The zero-order valence-corrected chi connectivity index (χ0v) is 10.5. The lowest BCUT2D eigenvalue weighted by atomic mass is 10.2. The highest BCUT2D eigenvalue weighted by Crippen LogP contribution is 2.13. The van der Waals surface area contributed by atoms with E-state index in [1.54, 1.807) is 31.2 Å². The predicted octanol–water partition coefficient (Wildman–Crippen LogP) is 1.21. The van der Waals surface area contributed by atoms with Crippen molar-refractivity contribution in [2.75, 3.05) is 25.6 Å². The summed E-state index contributed by atoms with van der Waals surface area (Å²) in [5.41, 5.74) is 6.20. The van der Waals surface area contributed by atoms with Crippen molar-refractivity contribution >= 4 is 11.7 Å². The Kier molecular flexibility index (Phi) is 6.00. The molecule has 0 amide bonds. The van der Waals surface area contributed by atoms with E-state index in [0.29, 0.717) is 11.4 Å². The maximum atomic E-state index is 11.3. The molecule has 0 aliphatic rings. The fourth-order valence-corrected chi connectivity index (χ4v) is 1.18. The highest BCUT2D eigenvalue weighted by molar-refractivity contribution is 5.69. The first kappa shape index (κ1) is 14.3. The topological polar surface area (TPSA) is 81.8 Å². The zero-order chi connectivity index (χ0) is 13.4. The molecule has 5 nitrogen and oxygen atoms in total. The lowest BCUT2D eigenvalue weighted by Gasteiger charge is -2.09. The van der Waals surface area contributed by atoms with Crippen LogP contribution in [-0.4, -0.2) is 30.9 Å². The van der Waals surface area contributed by atoms with Gasteiger partial charge in [0.1, 0.15) is 5.75 Å². The van der Waals surface area contributed by atoms with Gasteiger partial charge in [0.2, 0.25) is 0 Å². The minimum absolute atomic E-state index is 0.00914. The Labute approximate surface area is 107 Å². The second kappa shape index (κ2) is 7.55. The van der Waals surface area contributed by atoms with Crippen LogP contribution in [0.3, 0.4) is 0 Å². The number of ether oxygens (including phenoxy) is 2. The molecule has 0 fully saturated rings. The van der Waals surface area contributed by atoms with Gasteiger partial charge in [0.05, 0.1) is 19.6 Å². The Morgan fingerprint density at radius 2 is 2.06 bits per heavy atom. The molecule has 0 aliphatic carbocycles. The molecule has 0 aromatic heterocycles. The van der Waals surface area contributed by atoms with E-state index in [2.05, 4.69) is 0 Å². The number of carbonyl (C=O) groups is 1. The smallest absolute Gasteiger partial charge is 0.309 e. The molecule has 1 rings (SSSR count). The van der Waals surface area contributed by atoms with Gasteiger partial charge in [0, 0.05) is 18.2 Å². The molecule has 0 aliphatic heterocycles. The van der Waals surface area contributed by atoms with Crippen LogP contribution in [0.4, 0.5) is 5.69 Å². The summed E-state index contributed by atoms with van der Waals surface area (Å²) in [6.45, 7) is 2.31. The van der Waals surface area contributed by atoms with E-state index in [1.165, 1.54) is 0 Å². The standard InChI is InChI=1S/C13H19NO4/c1-10(8-15)9-18-13(16)6-7-17-12-4-2-11(14)3-5-12/h2-5,10,15H,6-9,14H2,1H3. The summed E-state index contributed by atoms with van der Waals surface area (Å²) in [5.74, 6) is 0.304. The Hall–Kier alpha value is -1.75. The quantitative estimate of drug-likeness (QED) is 0.564. The number of hydrogen-bond donors (Lipinski definition) is 2. The third-order valence-corrected chi connectivity index (χ3v) is 2.30. The maximum Gasteiger partial charge on any atom is 0.309 e. The number of aliphatic hydroxyl groups is 1. The van der Waals surface area contributed by atoms with E-state index in [4.69, 9.17) is 20.3 Å². The van der Waals surface area contributed by atoms with Crippen LogP contribution < -0.4 is 10.5 Å². The minimum Gasteiger partial charge on any atom is -0.493 e. The van der Waals surface area contributed by atoms with Crippen molar-refractivity contribution < 1.29 is 19.4 Å². The van der Waals surface area contributed by atoms with E-state index in [0.717, 1.165) is 0 Å². The van der Waals surface area contributed by atoms with Crippen molar-refractivity contribution in [3.05, 3.63) is 24.3 Å². The Morgan fingerprint density at radius 1 is 1.39 bits per heavy atom. The first-order valence-corrected chi connectivity index (χ1v) is 5.86. The van der Waals surface area contributed by atoms with E-state index >= 15 is 0 Å². The molecule has 3 N–H and O–H groups in total. The third kappa shape index (κ3) is 5.54. The van der Waals surface area contributed by atoms with Crippen molar-refractivity contribution in [3.8, 4) is 5.75 Å². The van der Waals surface area contributed by atoms with Crippen molar-refractivity contribution in [1.29, 1.82) is 0 Å². The second-order valence-electron chi connectivity index (χ2n) is 4.14. The molecule has 5 heteroatoms. The lowest BCUT2D eigenvalue weighted by molar-refractivity contribution is -0.145. The van der Waals surface area contributed by atoms with E-state index in [9.17, 15) is 4.79 Å². The van der Waals surface area contributed by atoms with Crippen molar-refractivity contribution in [3.63, 3.8) is 0 Å². The number of carbonyl (C=O) groups excluding carboxylic acids is 1. The molecular weight excluding hydrogens is 234 g/mol. The van der Waals surface area contributed by atoms with Crippen molar-refractivity contribution in [1.82, 2.24) is 0 Å². The van der Waals surface area contributed by atoms with Gasteiger partial charge in [-0.3, -0.25) is 4.79 Å². The maximum absolute atomic E-state index is 11.3. The number of benzene rings is 1. The molecule has 100 valence electrons. The molecule has 0 bridgehead atoms. The first-order valence-electron chi connectivity index (χ1n) is 5.86. The van der Waals surface area contributed by atoms with Crippen LogP contribution >= 0.6 is 0 Å². The van der Waals surface area contributed by atoms with E-state index < -0.39 is 0 Å². The third-order valence-electron chi connectivity index (χ3n) is 2.30. The van der Waals surface area contributed by atoms with Crippen LogP contribution in [0.5, 0.6) is 5.75 Å². The van der Waals surface area contributed by atoms with Crippen LogP contribution in [0.1, 0.15) is 13.3 Å². The molecule has 1 atom stereocenters. The molecule has 0 radical (unpaired) electrons. The van der Waals surface area contributed by atoms with Gasteiger partial charge in [-0.05, 0) is 24.3 Å². The number of rotatable bonds is 7. The first-order chi connectivity index (χ1) is 8.61. The number of nitrogen functional groups attached to an aromatic ring is 1. The van der Waals surface area contributed by atoms with Crippen molar-refractivity contribution in [2.45, 2.75) is 13.3 Å². The van der Waals surface area contributed by atoms with Crippen LogP contribution in [0.2, 0.25) is 0 Å². The van der Waals surface area contributed by atoms with Gasteiger partial charge in [0.15, 0.2) is 0 Å². The van der Waals surface area contributed by atoms with Gasteiger partial charge in [-0.1, -0.05) is 6.92 Å². The Bertz CT molecular complexity index is 364. The average molecular weight is 253 g/mol. The monoisotopic (exact) mass is 253 g/mol. The van der Waals surface area contributed by atoms with Crippen LogP contribution in [-0.2, 0) is 9.53 Å². The zero-order valence-electron chi connectivity index (χ0n) is 10.5. The molecule has 18 heavy (non-hydrogen) atoms. The average Bonchev–Trinajstić information content (AvgIpc) is 2.38. The van der Waals surface area contributed by atoms with Crippen LogP contribution in [0.15, 0.2) is 24.3 Å². The number of esters is 1. The van der Waals surface area contributed by atoms with Gasteiger partial charge >= 0.3 is 5.97 Å². The number of hydrogen-bond acceptors (Lipinski definition) is 5. The summed E-state index contributed by atoms with van der Waals surface area (Å²) in [7, 11) is 0. The highest BCUT2D eigenvalue weighted by atomic mass is 16.5. The van der Waals surface area contributed by atoms with Gasteiger partial charge in [0.25, 0.3) is 0 Å². The summed E-state index contributed by atoms with van der Waals surface area (Å²) in [6.07, 6.45) is 0.183. The molecule has 0 spiro atoms. The predicted molar refractivity (Wildman–Crippen MR) is 68.2 cm³/mol. The molecule has 0 heterocycles. The summed E-state index contributed by atoms with van der Waals surface area (Å²) in [4.78, 5) is 11.3. The number of aliphatic hydroxyl groups excluding tert-OH is 1. The fourth-order valence-electron chi connectivity index (χ4n) is 1.18. The van der Waals surface area contributed by atoms with Gasteiger partial charge < -0.3 is 20.3 Å². The number of nitrogens with two attached hydrogens (primary N) is 1. The summed E-state index contributed by atoms with van der Waals surface area (Å²) >= 11 is 0. The van der Waals surface area contributed by atoms with Gasteiger partial charge in [-0.2, -0.15) is 0 Å². The molecule has 0 saturated carbocycles. The largest absolute Gasteiger partial charge is 0.493 e. The lowest BCUT2D eigenvalue weighted by Crippen LogP contribution is -2.16. The SMILES string of the molecule is CC(CO)COC(=O)CCOc1ccc(N)cc1. The summed E-state index contributed by atoms with van der Waals surface area (Å²) < 4.78 is 10.3. The minimum atomic E-state index is -0.328. The van der Waals surface area contributed by atoms with Crippen molar-refractivity contribution in [2.24, 2.45) is 5.92 Å².